The van der Waals surface area contributed by atoms with E-state index in [-0.39, 0.29) is 6.04 Å². The van der Waals surface area contributed by atoms with Gasteiger partial charge in [-0.25, -0.2) is 4.79 Å². The van der Waals surface area contributed by atoms with E-state index in [9.17, 15) is 9.90 Å². The number of nitrogens with one attached hydrogen (secondary N) is 1. The molecule has 2 aromatic rings. The van der Waals surface area contributed by atoms with Crippen LogP contribution in [0.5, 0.6) is 5.75 Å². The third-order valence-corrected chi connectivity index (χ3v) is 5.64. The number of H-pyrrole nitrogens is 1. The minimum absolute atomic E-state index is 0.145. The summed E-state index contributed by atoms with van der Waals surface area (Å²) in [5, 5.41) is 23.2. The van der Waals surface area contributed by atoms with Crippen LogP contribution >= 0.6 is 0 Å². The van der Waals surface area contributed by atoms with E-state index < -0.39 is 5.97 Å². The molecule has 0 aliphatic heterocycles. The highest BCUT2D eigenvalue weighted by molar-refractivity contribution is 5.80. The lowest BCUT2D eigenvalue weighted by molar-refractivity contribution is -0.131. The summed E-state index contributed by atoms with van der Waals surface area (Å²) in [4.78, 5) is 14.0. The van der Waals surface area contributed by atoms with Crippen LogP contribution < -0.4 is 0 Å². The van der Waals surface area contributed by atoms with Crippen molar-refractivity contribution in [1.82, 2.24) is 4.98 Å². The van der Waals surface area contributed by atoms with Gasteiger partial charge >= 0.3 is 5.97 Å². The fourth-order valence-corrected chi connectivity index (χ4v) is 3.94. The quantitative estimate of drug-likeness (QED) is 0.197. The van der Waals surface area contributed by atoms with Crippen molar-refractivity contribution < 1.29 is 15.0 Å². The van der Waals surface area contributed by atoms with Crippen LogP contribution in [0.2, 0.25) is 0 Å². The average Bonchev–Trinajstić information content (AvgIpc) is 3.26. The number of rotatable bonds is 16. The number of phenolic OH excluding ortho intramolecular Hbond substituents is 1. The molecule has 0 fully saturated rings. The molecule has 5 heteroatoms. The fraction of sp³-hybridized carbons (Fsp3) is 0.500. The fourth-order valence-electron chi connectivity index (χ4n) is 3.94. The van der Waals surface area contributed by atoms with Crippen molar-refractivity contribution in [1.29, 1.82) is 0 Å². The summed E-state index contributed by atoms with van der Waals surface area (Å²) in [6.07, 6.45) is 16.2. The number of phenols is 1. The van der Waals surface area contributed by atoms with E-state index in [2.05, 4.69) is 17.2 Å². The van der Waals surface area contributed by atoms with Gasteiger partial charge in [0.05, 0.1) is 0 Å². The molecular formula is C26H37N2O3-. The number of carbonyl (C=O) groups is 1. The molecule has 0 aliphatic rings. The first-order valence-corrected chi connectivity index (χ1v) is 11.6. The third kappa shape index (κ3) is 10.8. The Hall–Kier alpha value is -2.69. The number of carboxylic acids is 1. The molecule has 0 saturated carbocycles. The number of carboxylic acid groups (broad SMARTS) is 1. The van der Waals surface area contributed by atoms with Crippen LogP contribution in [0.4, 0.5) is 5.82 Å². The second kappa shape index (κ2) is 14.3. The van der Waals surface area contributed by atoms with Crippen LogP contribution in [0, 0.1) is 5.92 Å². The smallest absolute Gasteiger partial charge is 0.327 e. The van der Waals surface area contributed by atoms with Crippen LogP contribution in [0.1, 0.15) is 70.3 Å². The maximum Gasteiger partial charge on any atom is 0.327 e. The SMILES string of the molecule is CCCCCCC[C@H](CCC[C@H](/C=C/C(=O)O)[N-]c1ccc[nH]1)Cc1ccc(O)cc1. The Balaban J connectivity index is 1.89. The molecule has 3 N–H and O–H groups in total. The average molecular weight is 426 g/mol. The van der Waals surface area contributed by atoms with Gasteiger partial charge in [-0.05, 0) is 42.5 Å². The molecule has 31 heavy (non-hydrogen) atoms. The summed E-state index contributed by atoms with van der Waals surface area (Å²) in [6.45, 7) is 2.24. The van der Waals surface area contributed by atoms with E-state index in [1.54, 1.807) is 18.2 Å². The summed E-state index contributed by atoms with van der Waals surface area (Å²) in [6, 6.07) is 11.2. The van der Waals surface area contributed by atoms with Gasteiger partial charge < -0.3 is 20.5 Å². The predicted octanol–water partition coefficient (Wildman–Crippen LogP) is 7.12. The van der Waals surface area contributed by atoms with Gasteiger partial charge in [0.2, 0.25) is 0 Å². The molecule has 0 amide bonds. The molecule has 1 aromatic heterocycles. The monoisotopic (exact) mass is 425 g/mol. The molecule has 0 radical (unpaired) electrons. The number of hydrogen-bond donors (Lipinski definition) is 3. The Morgan fingerprint density at radius 1 is 1.03 bits per heavy atom. The molecule has 0 unspecified atom stereocenters. The highest BCUT2D eigenvalue weighted by Gasteiger charge is 2.11. The van der Waals surface area contributed by atoms with Crippen LogP contribution in [0.15, 0.2) is 54.7 Å². The van der Waals surface area contributed by atoms with Crippen molar-refractivity contribution in [2.24, 2.45) is 5.92 Å². The van der Waals surface area contributed by atoms with Gasteiger partial charge in [-0.2, -0.15) is 0 Å². The van der Waals surface area contributed by atoms with Crippen molar-refractivity contribution in [2.45, 2.75) is 77.2 Å². The number of aromatic nitrogens is 1. The highest BCUT2D eigenvalue weighted by Crippen LogP contribution is 2.27. The number of aromatic amines is 1. The van der Waals surface area contributed by atoms with E-state index >= 15 is 0 Å². The van der Waals surface area contributed by atoms with Crippen molar-refractivity contribution in [3.8, 4) is 5.75 Å². The number of nitrogens with zero attached hydrogens (tertiary/aromatic N) is 1. The molecular weight excluding hydrogens is 388 g/mol. The summed E-state index contributed by atoms with van der Waals surface area (Å²) < 4.78 is 0. The Labute approximate surface area is 186 Å². The van der Waals surface area contributed by atoms with E-state index in [4.69, 9.17) is 5.11 Å². The van der Waals surface area contributed by atoms with Gasteiger partial charge in [0, 0.05) is 6.08 Å². The summed E-state index contributed by atoms with van der Waals surface area (Å²) in [5.74, 6) is 0.722. The van der Waals surface area contributed by atoms with Gasteiger partial charge in [-0.15, -0.1) is 0 Å². The highest BCUT2D eigenvalue weighted by atomic mass is 16.4. The van der Waals surface area contributed by atoms with Crippen molar-refractivity contribution >= 4 is 11.8 Å². The number of aromatic hydroxyl groups is 1. The zero-order chi connectivity index (χ0) is 22.3. The zero-order valence-corrected chi connectivity index (χ0v) is 18.7. The minimum Gasteiger partial charge on any atom is -0.508 e. The van der Waals surface area contributed by atoms with Gasteiger partial charge in [-0.3, -0.25) is 0 Å². The number of hydrogen-bond acceptors (Lipinski definition) is 2. The van der Waals surface area contributed by atoms with E-state index in [1.807, 2.05) is 30.5 Å². The third-order valence-electron chi connectivity index (χ3n) is 5.64. The van der Waals surface area contributed by atoms with Crippen molar-refractivity contribution in [2.75, 3.05) is 0 Å². The van der Waals surface area contributed by atoms with Crippen molar-refractivity contribution in [3.63, 3.8) is 0 Å². The first-order chi connectivity index (χ1) is 15.1. The minimum atomic E-state index is -0.941. The van der Waals surface area contributed by atoms with Crippen LogP contribution in [-0.4, -0.2) is 27.2 Å². The van der Waals surface area contributed by atoms with Gasteiger partial charge in [0.15, 0.2) is 0 Å². The van der Waals surface area contributed by atoms with Crippen LogP contribution in [0.25, 0.3) is 5.32 Å². The lowest BCUT2D eigenvalue weighted by atomic mass is 9.88. The lowest BCUT2D eigenvalue weighted by Crippen LogP contribution is -2.08. The van der Waals surface area contributed by atoms with Gasteiger partial charge in [-0.1, -0.05) is 101 Å². The second-order valence-electron chi connectivity index (χ2n) is 8.32. The zero-order valence-electron chi connectivity index (χ0n) is 18.7. The molecule has 2 rings (SSSR count). The second-order valence-corrected chi connectivity index (χ2v) is 8.32. The first-order valence-electron chi connectivity index (χ1n) is 11.6. The summed E-state index contributed by atoms with van der Waals surface area (Å²) >= 11 is 0. The molecule has 1 heterocycles. The molecule has 5 nitrogen and oxygen atoms in total. The summed E-state index contributed by atoms with van der Waals surface area (Å²) in [7, 11) is 0. The lowest BCUT2D eigenvalue weighted by Gasteiger charge is -2.23. The van der Waals surface area contributed by atoms with Crippen molar-refractivity contribution in [3.05, 3.63) is 65.6 Å². The Bertz CT molecular complexity index is 753. The van der Waals surface area contributed by atoms with Gasteiger partial charge in [0.25, 0.3) is 0 Å². The number of aliphatic carboxylic acids is 1. The van der Waals surface area contributed by atoms with E-state index in [0.29, 0.717) is 11.7 Å². The van der Waals surface area contributed by atoms with E-state index in [0.717, 1.165) is 31.5 Å². The molecule has 0 saturated heterocycles. The normalized spacial score (nSPS) is 13.3. The topological polar surface area (TPSA) is 87.4 Å². The number of unbranched alkanes of at least 4 members (excludes halogenated alkanes) is 4. The number of benzene rings is 1. The Morgan fingerprint density at radius 3 is 2.45 bits per heavy atom. The molecule has 0 bridgehead atoms. The van der Waals surface area contributed by atoms with Crippen LogP contribution in [-0.2, 0) is 11.2 Å². The van der Waals surface area contributed by atoms with Gasteiger partial charge in [0.1, 0.15) is 5.75 Å². The molecule has 2 atom stereocenters. The molecule has 1 aromatic carbocycles. The largest absolute Gasteiger partial charge is 0.508 e. The Kier molecular flexibility index (Phi) is 11.4. The Morgan fingerprint density at radius 2 is 1.77 bits per heavy atom. The van der Waals surface area contributed by atoms with E-state index in [1.165, 1.54) is 50.2 Å². The maximum absolute atomic E-state index is 11.0. The molecule has 0 aliphatic carbocycles. The first kappa shape index (κ1) is 24.6. The molecule has 170 valence electrons. The van der Waals surface area contributed by atoms with Crippen LogP contribution in [0.3, 0.4) is 0 Å². The maximum atomic E-state index is 11.0. The molecule has 0 spiro atoms. The summed E-state index contributed by atoms with van der Waals surface area (Å²) in [5.41, 5.74) is 1.26. The standard InChI is InChI=1S/C26H37N2O3/c1-2-3-4-5-6-9-21(20-22-13-16-24(29)17-14-22)10-7-11-23(15-18-26(30)31)28-25-12-8-19-27-25/h8,12-19,21,23,27,29H,2-7,9-11,20H2,1H3,(H,30,31)/q-1/b18-15+/t21-,23-/m1/s1. The predicted molar refractivity (Wildman–Crippen MR) is 127 cm³/mol.